The molecule has 4 heteroatoms. The fraction of sp³-hybridized carbons (Fsp3) is 0.429. The highest BCUT2D eigenvalue weighted by atomic mass is 15.0. The molecule has 0 saturated carbocycles. The summed E-state index contributed by atoms with van der Waals surface area (Å²) in [6, 6.07) is 4.18. The molecule has 2 rings (SSSR count). The Morgan fingerprint density at radius 3 is 2.94 bits per heavy atom. The van der Waals surface area contributed by atoms with Crippen LogP contribution in [0.25, 0.3) is 0 Å². The lowest BCUT2D eigenvalue weighted by Gasteiger charge is -2.05. The van der Waals surface area contributed by atoms with Crippen molar-refractivity contribution in [1.82, 2.24) is 19.9 Å². The summed E-state index contributed by atoms with van der Waals surface area (Å²) in [7, 11) is 0. The van der Waals surface area contributed by atoms with Crippen LogP contribution in [0.5, 0.6) is 0 Å². The molecule has 0 aliphatic carbocycles. The molecule has 0 aromatic carbocycles. The Morgan fingerprint density at radius 2 is 2.22 bits per heavy atom. The maximum absolute atomic E-state index is 4.36. The summed E-state index contributed by atoms with van der Waals surface area (Å²) in [5.74, 6) is 0. The molecule has 0 bridgehead atoms. The van der Waals surface area contributed by atoms with Gasteiger partial charge < -0.3 is 9.88 Å². The second-order valence-electron chi connectivity index (χ2n) is 4.51. The number of aryl methyl sites for hydroxylation is 2. The van der Waals surface area contributed by atoms with Crippen LogP contribution in [-0.4, -0.2) is 21.1 Å². The predicted octanol–water partition coefficient (Wildman–Crippen LogP) is 2.16. The molecule has 18 heavy (non-hydrogen) atoms. The van der Waals surface area contributed by atoms with Crippen LogP contribution in [0, 0.1) is 6.92 Å². The van der Waals surface area contributed by atoms with Gasteiger partial charge in [0.25, 0.3) is 0 Å². The number of aromatic nitrogens is 3. The average Bonchev–Trinajstić information content (AvgIpc) is 2.89. The van der Waals surface area contributed by atoms with Gasteiger partial charge in [0, 0.05) is 31.7 Å². The van der Waals surface area contributed by atoms with Crippen molar-refractivity contribution in [3.63, 3.8) is 0 Å². The molecule has 2 aromatic heterocycles. The van der Waals surface area contributed by atoms with Crippen LogP contribution in [0.15, 0.2) is 37.1 Å². The molecule has 2 aromatic rings. The zero-order valence-electron chi connectivity index (χ0n) is 10.8. The normalized spacial score (nSPS) is 10.7. The van der Waals surface area contributed by atoms with E-state index in [4.69, 9.17) is 0 Å². The van der Waals surface area contributed by atoms with E-state index < -0.39 is 0 Å². The van der Waals surface area contributed by atoms with Gasteiger partial charge in [-0.15, -0.1) is 0 Å². The van der Waals surface area contributed by atoms with E-state index in [1.165, 1.54) is 18.4 Å². The second kappa shape index (κ2) is 6.91. The minimum absolute atomic E-state index is 0.853. The molecule has 0 amide bonds. The van der Waals surface area contributed by atoms with E-state index in [-0.39, 0.29) is 0 Å². The van der Waals surface area contributed by atoms with E-state index in [9.17, 15) is 0 Å². The number of rotatable bonds is 7. The van der Waals surface area contributed by atoms with Crippen molar-refractivity contribution in [3.05, 3.63) is 48.3 Å². The Bertz CT molecular complexity index is 433. The summed E-state index contributed by atoms with van der Waals surface area (Å²) < 4.78 is 2.11. The number of unbranched alkanes of at least 4 members (excludes halogenated alkanes) is 1. The quantitative estimate of drug-likeness (QED) is 0.759. The van der Waals surface area contributed by atoms with Crippen molar-refractivity contribution in [1.29, 1.82) is 0 Å². The second-order valence-corrected chi connectivity index (χ2v) is 4.51. The van der Waals surface area contributed by atoms with Crippen molar-refractivity contribution in [2.45, 2.75) is 32.9 Å². The Hall–Kier alpha value is -1.68. The van der Waals surface area contributed by atoms with Gasteiger partial charge >= 0.3 is 0 Å². The molecule has 96 valence electrons. The van der Waals surface area contributed by atoms with Gasteiger partial charge in [-0.25, -0.2) is 4.98 Å². The molecule has 0 fully saturated rings. The van der Waals surface area contributed by atoms with Crippen LogP contribution in [0.3, 0.4) is 0 Å². The van der Waals surface area contributed by atoms with Gasteiger partial charge in [0.15, 0.2) is 0 Å². The van der Waals surface area contributed by atoms with Crippen molar-refractivity contribution in [2.75, 3.05) is 6.54 Å². The summed E-state index contributed by atoms with van der Waals surface area (Å²) in [5.41, 5.74) is 2.31. The van der Waals surface area contributed by atoms with E-state index in [0.29, 0.717) is 0 Å². The zero-order valence-corrected chi connectivity index (χ0v) is 10.8. The number of nitrogens with one attached hydrogen (secondary N) is 1. The van der Waals surface area contributed by atoms with Crippen molar-refractivity contribution in [3.8, 4) is 0 Å². The Balaban J connectivity index is 1.55. The fourth-order valence-electron chi connectivity index (χ4n) is 1.78. The number of hydrogen-bond donors (Lipinski definition) is 1. The summed E-state index contributed by atoms with van der Waals surface area (Å²) in [6.45, 7) is 4.99. The largest absolute Gasteiger partial charge is 0.337 e. The van der Waals surface area contributed by atoms with E-state index in [1.807, 2.05) is 24.9 Å². The maximum atomic E-state index is 4.36. The van der Waals surface area contributed by atoms with Crippen LogP contribution in [0.1, 0.15) is 24.1 Å². The molecule has 0 atom stereocenters. The molecular formula is C14H20N4. The molecular weight excluding hydrogens is 224 g/mol. The summed E-state index contributed by atoms with van der Waals surface area (Å²) in [4.78, 5) is 8.38. The number of hydrogen-bond acceptors (Lipinski definition) is 3. The highest BCUT2D eigenvalue weighted by Crippen LogP contribution is 1.98. The molecule has 4 nitrogen and oxygen atoms in total. The molecule has 0 radical (unpaired) electrons. The van der Waals surface area contributed by atoms with Gasteiger partial charge in [-0.05, 0) is 37.9 Å². The maximum Gasteiger partial charge on any atom is 0.0945 e. The van der Waals surface area contributed by atoms with E-state index in [2.05, 4.69) is 38.9 Å². The minimum atomic E-state index is 0.853. The summed E-state index contributed by atoms with van der Waals surface area (Å²) in [5, 5.41) is 3.41. The molecule has 1 N–H and O–H groups in total. The van der Waals surface area contributed by atoms with E-state index in [1.54, 1.807) is 0 Å². The Labute approximate surface area is 108 Å². The standard InChI is InChI=1S/C14H20N4/c1-13-4-5-14(17-10-13)11-15-6-2-3-8-18-9-7-16-12-18/h4-5,7,9-10,12,15H,2-3,6,8,11H2,1H3. The fourth-order valence-corrected chi connectivity index (χ4v) is 1.78. The summed E-state index contributed by atoms with van der Waals surface area (Å²) in [6.07, 6.45) is 9.94. The third kappa shape index (κ3) is 4.30. The number of pyridine rings is 1. The molecule has 0 saturated heterocycles. The summed E-state index contributed by atoms with van der Waals surface area (Å²) >= 11 is 0. The minimum Gasteiger partial charge on any atom is -0.337 e. The smallest absolute Gasteiger partial charge is 0.0945 e. The first kappa shape index (κ1) is 12.8. The monoisotopic (exact) mass is 244 g/mol. The highest BCUT2D eigenvalue weighted by molar-refractivity contribution is 5.11. The van der Waals surface area contributed by atoms with Crippen LogP contribution in [-0.2, 0) is 13.1 Å². The van der Waals surface area contributed by atoms with Crippen molar-refractivity contribution >= 4 is 0 Å². The Kier molecular flexibility index (Phi) is 4.90. The molecule has 0 spiro atoms. The first-order valence-electron chi connectivity index (χ1n) is 6.42. The number of imidazole rings is 1. The Morgan fingerprint density at radius 1 is 1.28 bits per heavy atom. The average molecular weight is 244 g/mol. The third-order valence-corrected chi connectivity index (χ3v) is 2.86. The van der Waals surface area contributed by atoms with Gasteiger partial charge in [0.2, 0.25) is 0 Å². The predicted molar refractivity (Wildman–Crippen MR) is 72.1 cm³/mol. The molecule has 2 heterocycles. The zero-order chi connectivity index (χ0) is 12.6. The SMILES string of the molecule is Cc1ccc(CNCCCCn2ccnc2)nc1. The molecule has 0 aliphatic rings. The lowest BCUT2D eigenvalue weighted by atomic mass is 10.2. The van der Waals surface area contributed by atoms with E-state index in [0.717, 1.165) is 25.3 Å². The van der Waals surface area contributed by atoms with Gasteiger partial charge in [-0.2, -0.15) is 0 Å². The third-order valence-electron chi connectivity index (χ3n) is 2.86. The number of nitrogens with zero attached hydrogens (tertiary/aromatic N) is 3. The van der Waals surface area contributed by atoms with Gasteiger partial charge in [0.05, 0.1) is 12.0 Å². The lowest BCUT2D eigenvalue weighted by molar-refractivity contribution is 0.565. The lowest BCUT2D eigenvalue weighted by Crippen LogP contribution is -2.16. The van der Waals surface area contributed by atoms with Crippen LogP contribution in [0.2, 0.25) is 0 Å². The van der Waals surface area contributed by atoms with E-state index >= 15 is 0 Å². The van der Waals surface area contributed by atoms with Crippen LogP contribution >= 0.6 is 0 Å². The van der Waals surface area contributed by atoms with Crippen LogP contribution in [0.4, 0.5) is 0 Å². The highest BCUT2D eigenvalue weighted by Gasteiger charge is 1.94. The van der Waals surface area contributed by atoms with Crippen LogP contribution < -0.4 is 5.32 Å². The van der Waals surface area contributed by atoms with Crippen molar-refractivity contribution in [2.24, 2.45) is 0 Å². The van der Waals surface area contributed by atoms with Crippen molar-refractivity contribution < 1.29 is 0 Å². The first-order chi connectivity index (χ1) is 8.84. The first-order valence-corrected chi connectivity index (χ1v) is 6.42. The van der Waals surface area contributed by atoms with Gasteiger partial charge in [-0.3, -0.25) is 4.98 Å². The van der Waals surface area contributed by atoms with Gasteiger partial charge in [-0.1, -0.05) is 6.07 Å². The topological polar surface area (TPSA) is 42.7 Å². The molecule has 0 unspecified atom stereocenters. The van der Waals surface area contributed by atoms with Gasteiger partial charge in [0.1, 0.15) is 0 Å². The molecule has 0 aliphatic heterocycles.